The molecule has 0 fully saturated rings. The van der Waals surface area contributed by atoms with E-state index in [1.165, 1.54) is 37.4 Å². The topological polar surface area (TPSA) is 66.5 Å². The van der Waals surface area contributed by atoms with E-state index in [1.54, 1.807) is 36.6 Å². The van der Waals surface area contributed by atoms with Crippen molar-refractivity contribution in [3.05, 3.63) is 76.2 Å². The van der Waals surface area contributed by atoms with Gasteiger partial charge in [0.15, 0.2) is 0 Å². The lowest BCUT2D eigenvalue weighted by atomic mass is 10.2. The van der Waals surface area contributed by atoms with Gasteiger partial charge < -0.3 is 5.32 Å². The Bertz CT molecular complexity index is 1080. The first kappa shape index (κ1) is 19.1. The van der Waals surface area contributed by atoms with Crippen molar-refractivity contribution in [1.82, 2.24) is 0 Å². The molecule has 27 heavy (non-hydrogen) atoms. The number of carbonyl (C=O) groups is 1. The summed E-state index contributed by atoms with van der Waals surface area (Å²) in [5.41, 5.74) is 1.12. The number of nitrogens with zero attached hydrogens (tertiary/aromatic N) is 1. The van der Waals surface area contributed by atoms with Gasteiger partial charge in [-0.2, -0.15) is 0 Å². The SMILES string of the molecule is Cc1cc(NC(=O)c2sccc2N(C)S(=O)(=O)c2ccccc2)ccc1F. The molecule has 0 saturated heterocycles. The number of amides is 1. The fourth-order valence-corrected chi connectivity index (χ4v) is 4.61. The Labute approximate surface area is 161 Å². The minimum atomic E-state index is -3.79. The number of thiophene rings is 1. The zero-order valence-corrected chi connectivity index (χ0v) is 16.3. The second kappa shape index (κ2) is 7.50. The van der Waals surface area contributed by atoms with Crippen LogP contribution < -0.4 is 9.62 Å². The van der Waals surface area contributed by atoms with E-state index in [0.717, 1.165) is 15.6 Å². The number of anilines is 2. The van der Waals surface area contributed by atoms with Crippen molar-refractivity contribution >= 4 is 38.6 Å². The van der Waals surface area contributed by atoms with Crippen molar-refractivity contribution in [3.63, 3.8) is 0 Å². The maximum Gasteiger partial charge on any atom is 0.267 e. The predicted octanol–water partition coefficient (Wildman–Crippen LogP) is 4.27. The van der Waals surface area contributed by atoms with Crippen LogP contribution in [-0.2, 0) is 10.0 Å². The van der Waals surface area contributed by atoms with Crippen LogP contribution in [0, 0.1) is 12.7 Å². The molecule has 3 aromatic rings. The third-order valence-corrected chi connectivity index (χ3v) is 6.70. The number of aryl methyl sites for hydroxylation is 1. The van der Waals surface area contributed by atoms with E-state index in [1.807, 2.05) is 0 Å². The highest BCUT2D eigenvalue weighted by Crippen LogP contribution is 2.30. The monoisotopic (exact) mass is 404 g/mol. The number of rotatable bonds is 5. The molecule has 1 aromatic heterocycles. The first-order chi connectivity index (χ1) is 12.8. The van der Waals surface area contributed by atoms with Gasteiger partial charge in [-0.25, -0.2) is 12.8 Å². The lowest BCUT2D eigenvalue weighted by molar-refractivity contribution is 0.103. The molecule has 8 heteroatoms. The Hall–Kier alpha value is -2.71. The number of sulfonamides is 1. The second-order valence-corrected chi connectivity index (χ2v) is 8.72. The minimum Gasteiger partial charge on any atom is -0.321 e. The van der Waals surface area contributed by atoms with Gasteiger partial charge in [0.1, 0.15) is 10.7 Å². The average Bonchev–Trinajstić information content (AvgIpc) is 3.14. The van der Waals surface area contributed by atoms with Crippen molar-refractivity contribution in [2.45, 2.75) is 11.8 Å². The summed E-state index contributed by atoms with van der Waals surface area (Å²) >= 11 is 1.13. The molecule has 2 aromatic carbocycles. The van der Waals surface area contributed by atoms with E-state index < -0.39 is 15.9 Å². The molecule has 1 amide bonds. The van der Waals surface area contributed by atoms with Crippen molar-refractivity contribution in [2.75, 3.05) is 16.7 Å². The van der Waals surface area contributed by atoms with Crippen LogP contribution in [-0.4, -0.2) is 21.4 Å². The maximum atomic E-state index is 13.4. The van der Waals surface area contributed by atoms with E-state index in [4.69, 9.17) is 0 Å². The standard InChI is InChI=1S/C19H17FN2O3S2/c1-13-12-14(8-9-16(13)20)21-19(23)18-17(10-11-26-18)22(2)27(24,25)15-6-4-3-5-7-15/h3-12H,1-2H3,(H,21,23). The number of carbonyl (C=O) groups excluding carboxylic acids is 1. The number of benzene rings is 2. The van der Waals surface area contributed by atoms with Crippen LogP contribution in [0.5, 0.6) is 0 Å². The molecule has 0 unspecified atom stereocenters. The third-order valence-electron chi connectivity index (χ3n) is 4.01. The summed E-state index contributed by atoms with van der Waals surface area (Å²) in [4.78, 5) is 13.0. The van der Waals surface area contributed by atoms with Crippen molar-refractivity contribution in [1.29, 1.82) is 0 Å². The Morgan fingerprint density at radius 3 is 2.48 bits per heavy atom. The molecular weight excluding hydrogens is 387 g/mol. The molecule has 0 atom stereocenters. The first-order valence-electron chi connectivity index (χ1n) is 7.99. The molecule has 0 bridgehead atoms. The highest BCUT2D eigenvalue weighted by Gasteiger charge is 2.26. The van der Waals surface area contributed by atoms with Gasteiger partial charge in [-0.15, -0.1) is 11.3 Å². The molecule has 0 saturated carbocycles. The van der Waals surface area contributed by atoms with Gasteiger partial charge >= 0.3 is 0 Å². The molecule has 0 aliphatic heterocycles. The normalized spacial score (nSPS) is 11.2. The number of halogens is 1. The summed E-state index contributed by atoms with van der Waals surface area (Å²) in [5.74, 6) is -0.820. The largest absolute Gasteiger partial charge is 0.321 e. The number of hydrogen-bond donors (Lipinski definition) is 1. The zero-order valence-electron chi connectivity index (χ0n) is 14.6. The molecular formula is C19H17FN2O3S2. The van der Waals surface area contributed by atoms with Gasteiger partial charge in [0, 0.05) is 12.7 Å². The van der Waals surface area contributed by atoms with Gasteiger partial charge in [0.2, 0.25) is 0 Å². The Morgan fingerprint density at radius 2 is 1.81 bits per heavy atom. The molecule has 1 heterocycles. The number of hydrogen-bond acceptors (Lipinski definition) is 4. The first-order valence-corrected chi connectivity index (χ1v) is 10.3. The molecule has 0 aliphatic carbocycles. The summed E-state index contributed by atoms with van der Waals surface area (Å²) in [5, 5.41) is 4.33. The molecule has 3 rings (SSSR count). The molecule has 140 valence electrons. The van der Waals surface area contributed by atoms with Crippen LogP contribution in [0.3, 0.4) is 0 Å². The van der Waals surface area contributed by atoms with Crippen LogP contribution in [0.4, 0.5) is 15.8 Å². The second-order valence-electron chi connectivity index (χ2n) is 5.84. The number of nitrogens with one attached hydrogen (secondary N) is 1. The van der Waals surface area contributed by atoms with Crippen LogP contribution >= 0.6 is 11.3 Å². The average molecular weight is 404 g/mol. The smallest absolute Gasteiger partial charge is 0.267 e. The van der Waals surface area contributed by atoms with E-state index >= 15 is 0 Å². The zero-order chi connectivity index (χ0) is 19.6. The Kier molecular flexibility index (Phi) is 5.29. The van der Waals surface area contributed by atoms with Crippen LogP contribution in [0.2, 0.25) is 0 Å². The molecule has 5 nitrogen and oxygen atoms in total. The summed E-state index contributed by atoms with van der Waals surface area (Å²) in [6.07, 6.45) is 0. The van der Waals surface area contributed by atoms with Crippen molar-refractivity contribution in [3.8, 4) is 0 Å². The summed E-state index contributed by atoms with van der Waals surface area (Å²) in [7, 11) is -2.39. The van der Waals surface area contributed by atoms with E-state index in [0.29, 0.717) is 11.3 Å². The van der Waals surface area contributed by atoms with Crippen LogP contribution in [0.25, 0.3) is 0 Å². The molecule has 0 aliphatic rings. The highest BCUT2D eigenvalue weighted by atomic mass is 32.2. The van der Waals surface area contributed by atoms with Crippen molar-refractivity contribution in [2.24, 2.45) is 0 Å². The quantitative estimate of drug-likeness (QED) is 0.690. The maximum absolute atomic E-state index is 13.4. The molecule has 0 spiro atoms. The van der Waals surface area contributed by atoms with Gasteiger partial charge in [-0.05, 0) is 54.3 Å². The summed E-state index contributed by atoms with van der Waals surface area (Å²) in [6, 6.07) is 13.8. The van der Waals surface area contributed by atoms with Gasteiger partial charge in [-0.1, -0.05) is 18.2 Å². The fourth-order valence-electron chi connectivity index (χ4n) is 2.51. The lowest BCUT2D eigenvalue weighted by Gasteiger charge is -2.19. The van der Waals surface area contributed by atoms with Crippen LogP contribution in [0.1, 0.15) is 15.2 Å². The molecule has 0 radical (unpaired) electrons. The van der Waals surface area contributed by atoms with Crippen LogP contribution in [0.15, 0.2) is 64.9 Å². The van der Waals surface area contributed by atoms with Crippen molar-refractivity contribution < 1.29 is 17.6 Å². The van der Waals surface area contributed by atoms with Gasteiger partial charge in [0.05, 0.1) is 10.6 Å². The Morgan fingerprint density at radius 1 is 1.11 bits per heavy atom. The van der Waals surface area contributed by atoms with E-state index in [-0.39, 0.29) is 21.3 Å². The van der Waals surface area contributed by atoms with Gasteiger partial charge in [-0.3, -0.25) is 9.10 Å². The highest BCUT2D eigenvalue weighted by molar-refractivity contribution is 7.92. The minimum absolute atomic E-state index is 0.138. The fraction of sp³-hybridized carbons (Fsp3) is 0.105. The lowest BCUT2D eigenvalue weighted by Crippen LogP contribution is -2.28. The predicted molar refractivity (Wildman–Crippen MR) is 105 cm³/mol. The van der Waals surface area contributed by atoms with E-state index in [9.17, 15) is 17.6 Å². The molecule has 1 N–H and O–H groups in total. The van der Waals surface area contributed by atoms with Gasteiger partial charge in [0.25, 0.3) is 15.9 Å². The summed E-state index contributed by atoms with van der Waals surface area (Å²) < 4.78 is 40.1. The van der Waals surface area contributed by atoms with E-state index in [2.05, 4.69) is 5.32 Å². The summed E-state index contributed by atoms with van der Waals surface area (Å²) in [6.45, 7) is 1.60. The third kappa shape index (κ3) is 3.86. The Balaban J connectivity index is 1.89.